The summed E-state index contributed by atoms with van der Waals surface area (Å²) >= 11 is 5.75. The van der Waals surface area contributed by atoms with E-state index >= 15 is 0 Å². The molecule has 1 nitrogen and oxygen atoms in total. The highest BCUT2D eigenvalue weighted by molar-refractivity contribution is 6.95. The molecule has 10 heavy (non-hydrogen) atoms. The smallest absolute Gasteiger partial charge is 0.224 e. The van der Waals surface area contributed by atoms with E-state index in [9.17, 15) is 0 Å². The van der Waals surface area contributed by atoms with Crippen LogP contribution in [-0.4, -0.2) is 16.0 Å². The molecule has 1 rings (SSSR count). The monoisotopic (exact) mass is 171 g/mol. The first-order valence-electron chi connectivity index (χ1n) is 3.16. The third-order valence-corrected chi connectivity index (χ3v) is 3.18. The molecule has 0 amide bonds. The summed E-state index contributed by atoms with van der Waals surface area (Å²) in [5.41, 5.74) is 1.21. The van der Waals surface area contributed by atoms with Crippen molar-refractivity contribution in [3.8, 4) is 0 Å². The van der Waals surface area contributed by atoms with Crippen LogP contribution in [0, 0.1) is 0 Å². The molecule has 0 saturated heterocycles. The standard InChI is InChI=1S/C7H10ClNSi/c1-9(10-8)7-5-3-2-4-6-7/h2-6H,10H2,1H3. The van der Waals surface area contributed by atoms with Gasteiger partial charge in [-0.1, -0.05) is 18.2 Å². The maximum Gasteiger partial charge on any atom is 0.224 e. The second-order valence-electron chi connectivity index (χ2n) is 2.15. The van der Waals surface area contributed by atoms with E-state index in [4.69, 9.17) is 11.1 Å². The van der Waals surface area contributed by atoms with Gasteiger partial charge in [-0.25, -0.2) is 0 Å². The Bertz CT molecular complexity index is 190. The van der Waals surface area contributed by atoms with Gasteiger partial charge in [-0.2, -0.15) is 0 Å². The molecule has 0 aliphatic carbocycles. The van der Waals surface area contributed by atoms with Gasteiger partial charge in [-0.3, -0.25) is 0 Å². The summed E-state index contributed by atoms with van der Waals surface area (Å²) in [6.07, 6.45) is 0. The number of hydrogen-bond acceptors (Lipinski definition) is 1. The highest BCUT2D eigenvalue weighted by Crippen LogP contribution is 2.09. The molecular formula is C7H10ClNSi. The van der Waals surface area contributed by atoms with Crippen molar-refractivity contribution in [3.05, 3.63) is 30.3 Å². The largest absolute Gasteiger partial charge is 0.393 e. The maximum atomic E-state index is 5.75. The Hall–Kier alpha value is -0.473. The third-order valence-electron chi connectivity index (χ3n) is 1.38. The van der Waals surface area contributed by atoms with E-state index in [1.807, 2.05) is 25.2 Å². The highest BCUT2D eigenvalue weighted by Gasteiger charge is 1.94. The third kappa shape index (κ3) is 1.75. The number of rotatable bonds is 2. The van der Waals surface area contributed by atoms with E-state index in [0.717, 1.165) is 0 Å². The van der Waals surface area contributed by atoms with Gasteiger partial charge in [0.05, 0.1) is 0 Å². The van der Waals surface area contributed by atoms with E-state index in [1.54, 1.807) is 0 Å². The van der Waals surface area contributed by atoms with Gasteiger partial charge in [-0.05, 0) is 19.2 Å². The first-order valence-corrected chi connectivity index (χ1v) is 5.94. The summed E-state index contributed by atoms with van der Waals surface area (Å²) in [5.74, 6) is 0. The first-order chi connectivity index (χ1) is 4.84. The molecule has 0 radical (unpaired) electrons. The Morgan fingerprint density at radius 1 is 1.30 bits per heavy atom. The average molecular weight is 172 g/mol. The van der Waals surface area contributed by atoms with Crippen LogP contribution in [0.15, 0.2) is 30.3 Å². The Balaban J connectivity index is 2.75. The molecule has 0 heterocycles. The predicted octanol–water partition coefficient (Wildman–Crippen LogP) is 1.36. The second kappa shape index (κ2) is 3.64. The molecule has 0 spiro atoms. The Labute approximate surface area is 68.2 Å². The van der Waals surface area contributed by atoms with Gasteiger partial charge in [0.1, 0.15) is 0 Å². The quantitative estimate of drug-likeness (QED) is 0.480. The number of benzene rings is 1. The van der Waals surface area contributed by atoms with Crippen molar-refractivity contribution in [1.82, 2.24) is 0 Å². The lowest BCUT2D eigenvalue weighted by Gasteiger charge is -2.14. The van der Waals surface area contributed by atoms with Crippen LogP contribution in [0.1, 0.15) is 0 Å². The van der Waals surface area contributed by atoms with Crippen molar-refractivity contribution in [3.63, 3.8) is 0 Å². The topological polar surface area (TPSA) is 3.24 Å². The molecule has 54 valence electrons. The van der Waals surface area contributed by atoms with Crippen LogP contribution in [0.2, 0.25) is 0 Å². The van der Waals surface area contributed by atoms with E-state index in [1.165, 1.54) is 5.69 Å². The Kier molecular flexibility index (Phi) is 2.77. The minimum Gasteiger partial charge on any atom is -0.393 e. The van der Waals surface area contributed by atoms with Gasteiger partial charge in [0.2, 0.25) is 8.99 Å². The first kappa shape index (κ1) is 7.63. The van der Waals surface area contributed by atoms with E-state index in [2.05, 4.69) is 16.7 Å². The Morgan fingerprint density at radius 3 is 2.40 bits per heavy atom. The SMILES string of the molecule is CN([SiH2]Cl)c1ccccc1. The molecule has 1 aromatic rings. The molecule has 1 aromatic carbocycles. The predicted molar refractivity (Wildman–Crippen MR) is 49.2 cm³/mol. The average Bonchev–Trinajstić information content (AvgIpc) is 2.05. The van der Waals surface area contributed by atoms with Crippen molar-refractivity contribution >= 4 is 25.8 Å². The normalized spacial score (nSPS) is 10.6. The number of hydrogen-bond donors (Lipinski definition) is 0. The molecular weight excluding hydrogens is 162 g/mol. The summed E-state index contributed by atoms with van der Waals surface area (Å²) in [6, 6.07) is 10.2. The zero-order valence-corrected chi connectivity index (χ0v) is 8.09. The number of para-hydroxylation sites is 1. The number of nitrogens with zero attached hydrogens (tertiary/aromatic N) is 1. The van der Waals surface area contributed by atoms with Gasteiger partial charge >= 0.3 is 0 Å². The fourth-order valence-electron chi connectivity index (χ4n) is 0.751. The molecule has 3 heteroatoms. The molecule has 0 atom stereocenters. The lowest BCUT2D eigenvalue weighted by atomic mass is 10.3. The lowest BCUT2D eigenvalue weighted by Crippen LogP contribution is -2.17. The van der Waals surface area contributed by atoms with Crippen LogP contribution in [0.25, 0.3) is 0 Å². The summed E-state index contributed by atoms with van der Waals surface area (Å²) in [6.45, 7) is 0. The van der Waals surface area contributed by atoms with Crippen LogP contribution in [0.5, 0.6) is 0 Å². The molecule has 0 N–H and O–H groups in total. The van der Waals surface area contributed by atoms with Crippen LogP contribution in [-0.2, 0) is 0 Å². The lowest BCUT2D eigenvalue weighted by molar-refractivity contribution is 1.34. The molecule has 0 unspecified atom stereocenters. The molecule has 0 aliphatic heterocycles. The van der Waals surface area contributed by atoms with Gasteiger partial charge in [0.15, 0.2) is 0 Å². The zero-order valence-electron chi connectivity index (χ0n) is 5.92. The van der Waals surface area contributed by atoms with Crippen molar-refractivity contribution in [2.75, 3.05) is 11.6 Å². The van der Waals surface area contributed by atoms with Gasteiger partial charge in [0, 0.05) is 5.69 Å². The van der Waals surface area contributed by atoms with Crippen LogP contribution >= 0.6 is 11.1 Å². The van der Waals surface area contributed by atoms with Crippen molar-refractivity contribution in [2.45, 2.75) is 0 Å². The zero-order chi connectivity index (χ0) is 7.40. The number of halogens is 1. The van der Waals surface area contributed by atoms with Crippen molar-refractivity contribution in [1.29, 1.82) is 0 Å². The van der Waals surface area contributed by atoms with Crippen LogP contribution in [0.4, 0.5) is 5.69 Å². The van der Waals surface area contributed by atoms with Gasteiger partial charge in [-0.15, -0.1) is 11.1 Å². The molecule has 0 aliphatic rings. The minimum atomic E-state index is -0.554. The number of anilines is 1. The van der Waals surface area contributed by atoms with E-state index in [-0.39, 0.29) is 0 Å². The maximum absolute atomic E-state index is 5.75. The fraction of sp³-hybridized carbons (Fsp3) is 0.143. The molecule has 0 aromatic heterocycles. The summed E-state index contributed by atoms with van der Waals surface area (Å²) in [4.78, 5) is 0. The van der Waals surface area contributed by atoms with Crippen LogP contribution in [0.3, 0.4) is 0 Å². The summed E-state index contributed by atoms with van der Waals surface area (Å²) in [7, 11) is 1.47. The van der Waals surface area contributed by atoms with Gasteiger partial charge in [0.25, 0.3) is 0 Å². The summed E-state index contributed by atoms with van der Waals surface area (Å²) in [5, 5.41) is 0. The molecule has 0 saturated carbocycles. The van der Waals surface area contributed by atoms with Crippen molar-refractivity contribution < 1.29 is 0 Å². The van der Waals surface area contributed by atoms with E-state index < -0.39 is 8.99 Å². The minimum absolute atomic E-state index is 0.554. The van der Waals surface area contributed by atoms with Crippen LogP contribution < -0.4 is 4.57 Å². The fourth-order valence-corrected chi connectivity index (χ4v) is 1.51. The highest BCUT2D eigenvalue weighted by atomic mass is 35.6. The van der Waals surface area contributed by atoms with Gasteiger partial charge < -0.3 is 4.57 Å². The molecule has 0 fully saturated rings. The van der Waals surface area contributed by atoms with Crippen molar-refractivity contribution in [2.24, 2.45) is 0 Å². The second-order valence-corrected chi connectivity index (χ2v) is 4.06. The molecule has 0 bridgehead atoms. The summed E-state index contributed by atoms with van der Waals surface area (Å²) < 4.78 is 2.11. The van der Waals surface area contributed by atoms with E-state index in [0.29, 0.717) is 0 Å². The Morgan fingerprint density at radius 2 is 1.90 bits per heavy atom.